The minimum absolute atomic E-state index is 0.00449. The third kappa shape index (κ3) is 6.40. The molecule has 2 aromatic rings. The fourth-order valence-corrected chi connectivity index (χ4v) is 5.44. The molecular weight excluding hydrogens is 454 g/mol. The second-order valence-electron chi connectivity index (χ2n) is 8.75. The van der Waals surface area contributed by atoms with Gasteiger partial charge >= 0.3 is 0 Å². The zero-order valence-electron chi connectivity index (χ0n) is 18.9. The monoisotopic (exact) mass is 483 g/mol. The van der Waals surface area contributed by atoms with E-state index in [-0.39, 0.29) is 18.4 Å². The van der Waals surface area contributed by atoms with Crippen LogP contribution in [0.4, 0.5) is 5.69 Å². The zero-order valence-corrected chi connectivity index (χ0v) is 20.5. The maximum Gasteiger partial charge on any atom is 0.265 e. The molecule has 2 amide bonds. The number of rotatable bonds is 7. The Bertz CT molecular complexity index is 1030. The number of anilines is 1. The number of amides is 2. The van der Waals surface area contributed by atoms with Crippen molar-refractivity contribution >= 4 is 46.9 Å². The van der Waals surface area contributed by atoms with Crippen LogP contribution in [0, 0.1) is 5.92 Å². The van der Waals surface area contributed by atoms with Crippen LogP contribution in [0.2, 0.25) is 5.02 Å². The highest BCUT2D eigenvalue weighted by Crippen LogP contribution is 2.42. The Hall–Kier alpha value is -2.28. The van der Waals surface area contributed by atoms with Crippen molar-refractivity contribution in [2.45, 2.75) is 31.1 Å². The lowest BCUT2D eigenvalue weighted by Crippen LogP contribution is -2.43. The van der Waals surface area contributed by atoms with Crippen LogP contribution in [0.15, 0.2) is 58.3 Å². The van der Waals surface area contributed by atoms with E-state index in [0.717, 1.165) is 48.1 Å². The average molecular weight is 484 g/mol. The van der Waals surface area contributed by atoms with Crippen LogP contribution in [-0.4, -0.2) is 49.4 Å². The molecule has 174 valence electrons. The van der Waals surface area contributed by atoms with Crippen LogP contribution in [0.1, 0.15) is 31.7 Å². The standard InChI is InChI=1S/C26H30ClN3O2S/c1-19-10-14-29(15-11-19)13-5-12-28-25(31)18-30-22-8-2-3-9-23(22)33-24(26(30)32)17-20-6-4-7-21(27)16-20/h2-4,6-9,16-17,19H,5,10-15,18H2,1H3,(H,28,31). The number of para-hydroxylation sites is 1. The number of hydrogen-bond acceptors (Lipinski definition) is 4. The molecule has 2 aromatic carbocycles. The summed E-state index contributed by atoms with van der Waals surface area (Å²) < 4.78 is 0. The molecule has 0 radical (unpaired) electrons. The summed E-state index contributed by atoms with van der Waals surface area (Å²) in [5.74, 6) is 0.512. The van der Waals surface area contributed by atoms with Crippen molar-refractivity contribution in [1.82, 2.24) is 10.2 Å². The number of carbonyl (C=O) groups is 2. The molecule has 0 unspecified atom stereocenters. The van der Waals surface area contributed by atoms with Crippen molar-refractivity contribution in [1.29, 1.82) is 0 Å². The number of likely N-dealkylation sites (tertiary alicyclic amines) is 1. The smallest absolute Gasteiger partial charge is 0.265 e. The molecule has 0 saturated carbocycles. The van der Waals surface area contributed by atoms with Gasteiger partial charge in [-0.05, 0) is 80.7 Å². The number of nitrogens with zero attached hydrogens (tertiary/aromatic N) is 2. The summed E-state index contributed by atoms with van der Waals surface area (Å²) in [4.78, 5) is 31.6. The van der Waals surface area contributed by atoms with Gasteiger partial charge in [0.05, 0.1) is 10.6 Å². The molecule has 7 heteroatoms. The maximum atomic E-state index is 13.3. The van der Waals surface area contributed by atoms with Gasteiger partial charge < -0.3 is 10.2 Å². The van der Waals surface area contributed by atoms with Crippen molar-refractivity contribution in [2.24, 2.45) is 5.92 Å². The molecule has 5 nitrogen and oxygen atoms in total. The number of halogens is 1. The van der Waals surface area contributed by atoms with Crippen LogP contribution >= 0.6 is 23.4 Å². The maximum absolute atomic E-state index is 13.3. The van der Waals surface area contributed by atoms with Gasteiger partial charge in [0.25, 0.3) is 5.91 Å². The number of hydrogen-bond donors (Lipinski definition) is 1. The topological polar surface area (TPSA) is 52.7 Å². The van der Waals surface area contributed by atoms with Crippen LogP contribution in [0.25, 0.3) is 6.08 Å². The summed E-state index contributed by atoms with van der Waals surface area (Å²) in [6, 6.07) is 15.1. The van der Waals surface area contributed by atoms with Crippen molar-refractivity contribution < 1.29 is 9.59 Å². The van der Waals surface area contributed by atoms with Gasteiger partial charge in [-0.2, -0.15) is 0 Å². The number of benzene rings is 2. The molecule has 0 aliphatic carbocycles. The SMILES string of the molecule is CC1CCN(CCCNC(=O)CN2C(=O)C(=Cc3cccc(Cl)c3)Sc3ccccc32)CC1. The summed E-state index contributed by atoms with van der Waals surface area (Å²) in [5.41, 5.74) is 1.63. The van der Waals surface area contributed by atoms with Crippen molar-refractivity contribution in [3.63, 3.8) is 0 Å². The van der Waals surface area contributed by atoms with Gasteiger partial charge in [0.15, 0.2) is 0 Å². The second-order valence-corrected chi connectivity index (χ2v) is 10.3. The van der Waals surface area contributed by atoms with E-state index >= 15 is 0 Å². The van der Waals surface area contributed by atoms with Crippen LogP contribution in [0.3, 0.4) is 0 Å². The highest BCUT2D eigenvalue weighted by atomic mass is 35.5. The summed E-state index contributed by atoms with van der Waals surface area (Å²) in [5, 5.41) is 3.62. The third-order valence-corrected chi connectivity index (χ3v) is 7.44. The van der Waals surface area contributed by atoms with Crippen LogP contribution < -0.4 is 10.2 Å². The largest absolute Gasteiger partial charge is 0.355 e. The molecular formula is C26H30ClN3O2S. The quantitative estimate of drug-likeness (QED) is 0.442. The minimum Gasteiger partial charge on any atom is -0.355 e. The molecule has 0 atom stereocenters. The molecule has 1 saturated heterocycles. The number of carbonyl (C=O) groups excluding carboxylic acids is 2. The average Bonchev–Trinajstić information content (AvgIpc) is 2.81. The molecule has 2 aliphatic rings. The van der Waals surface area contributed by atoms with E-state index in [1.165, 1.54) is 24.6 Å². The molecule has 0 bridgehead atoms. The first kappa shape index (κ1) is 23.9. The first-order valence-corrected chi connectivity index (χ1v) is 12.7. The molecule has 4 rings (SSSR count). The highest BCUT2D eigenvalue weighted by Gasteiger charge is 2.30. The van der Waals surface area contributed by atoms with E-state index < -0.39 is 0 Å². The van der Waals surface area contributed by atoms with Gasteiger partial charge in [-0.1, -0.05) is 54.6 Å². The summed E-state index contributed by atoms with van der Waals surface area (Å²) in [6.45, 7) is 6.23. The zero-order chi connectivity index (χ0) is 23.2. The highest BCUT2D eigenvalue weighted by molar-refractivity contribution is 8.04. The molecule has 33 heavy (non-hydrogen) atoms. The lowest BCUT2D eigenvalue weighted by molar-refractivity contribution is -0.122. The van der Waals surface area contributed by atoms with E-state index in [4.69, 9.17) is 11.6 Å². The Morgan fingerprint density at radius 3 is 2.76 bits per heavy atom. The summed E-state index contributed by atoms with van der Waals surface area (Å²) in [6.07, 6.45) is 5.26. The molecule has 2 aliphatic heterocycles. The van der Waals surface area contributed by atoms with Crippen LogP contribution in [0.5, 0.6) is 0 Å². The molecule has 0 aromatic heterocycles. The Kier molecular flexibility index (Phi) is 8.12. The Morgan fingerprint density at radius 2 is 1.97 bits per heavy atom. The van der Waals surface area contributed by atoms with E-state index in [0.29, 0.717) is 16.5 Å². The van der Waals surface area contributed by atoms with E-state index in [9.17, 15) is 9.59 Å². The van der Waals surface area contributed by atoms with Gasteiger partial charge in [0.1, 0.15) is 6.54 Å². The number of nitrogens with one attached hydrogen (secondary N) is 1. The fourth-order valence-electron chi connectivity index (χ4n) is 4.18. The predicted octanol–water partition coefficient (Wildman–Crippen LogP) is 5.06. The fraction of sp³-hybridized carbons (Fsp3) is 0.385. The minimum atomic E-state index is -0.170. The van der Waals surface area contributed by atoms with Gasteiger partial charge in [0, 0.05) is 16.5 Å². The molecule has 0 spiro atoms. The predicted molar refractivity (Wildman–Crippen MR) is 137 cm³/mol. The van der Waals surface area contributed by atoms with Crippen molar-refractivity contribution in [2.75, 3.05) is 37.6 Å². The molecule has 2 heterocycles. The third-order valence-electron chi connectivity index (χ3n) is 6.13. The van der Waals surface area contributed by atoms with Gasteiger partial charge in [-0.3, -0.25) is 14.5 Å². The second kappa shape index (κ2) is 11.2. The lowest BCUT2D eigenvalue weighted by Gasteiger charge is -2.30. The first-order valence-electron chi connectivity index (χ1n) is 11.5. The van der Waals surface area contributed by atoms with Crippen LogP contribution in [-0.2, 0) is 9.59 Å². The van der Waals surface area contributed by atoms with Gasteiger partial charge in [-0.15, -0.1) is 0 Å². The first-order chi connectivity index (χ1) is 16.0. The summed E-state index contributed by atoms with van der Waals surface area (Å²) >= 11 is 7.53. The summed E-state index contributed by atoms with van der Waals surface area (Å²) in [7, 11) is 0. The van der Waals surface area contributed by atoms with Crippen molar-refractivity contribution in [3.05, 3.63) is 64.0 Å². The van der Waals surface area contributed by atoms with Gasteiger partial charge in [0.2, 0.25) is 5.91 Å². The number of fused-ring (bicyclic) bond motifs is 1. The molecule has 1 fully saturated rings. The Morgan fingerprint density at radius 1 is 1.18 bits per heavy atom. The number of thioether (sulfide) groups is 1. The normalized spacial score (nSPS) is 18.4. The van der Waals surface area contributed by atoms with Crippen molar-refractivity contribution in [3.8, 4) is 0 Å². The number of piperidine rings is 1. The Labute approximate surface area is 205 Å². The van der Waals surface area contributed by atoms with E-state index in [1.807, 2.05) is 48.5 Å². The van der Waals surface area contributed by atoms with E-state index in [1.54, 1.807) is 11.0 Å². The lowest BCUT2D eigenvalue weighted by atomic mass is 9.99. The van der Waals surface area contributed by atoms with Gasteiger partial charge in [-0.25, -0.2) is 0 Å². The Balaban J connectivity index is 1.38. The van der Waals surface area contributed by atoms with E-state index in [2.05, 4.69) is 17.1 Å². The molecule has 1 N–H and O–H groups in total.